The van der Waals surface area contributed by atoms with Crippen LogP contribution in [0.4, 0.5) is 16.2 Å². The topological polar surface area (TPSA) is 47.6 Å². The highest BCUT2D eigenvalue weighted by atomic mass is 16.2. The van der Waals surface area contributed by atoms with Crippen molar-refractivity contribution in [3.8, 4) is 0 Å². The van der Waals surface area contributed by atoms with Crippen molar-refractivity contribution in [1.29, 1.82) is 0 Å². The van der Waals surface area contributed by atoms with E-state index in [0.29, 0.717) is 6.54 Å². The van der Waals surface area contributed by atoms with Crippen molar-refractivity contribution in [2.75, 3.05) is 50.5 Å². The Bertz CT molecular complexity index is 456. The molecule has 0 bridgehead atoms. The van der Waals surface area contributed by atoms with Crippen LogP contribution in [-0.4, -0.2) is 51.2 Å². The van der Waals surface area contributed by atoms with Gasteiger partial charge < -0.3 is 20.4 Å². The lowest BCUT2D eigenvalue weighted by Crippen LogP contribution is -2.37. The monoisotopic (exact) mass is 292 g/mol. The molecule has 0 aliphatic heterocycles. The second-order valence-corrected chi connectivity index (χ2v) is 5.30. The summed E-state index contributed by atoms with van der Waals surface area (Å²) in [6, 6.07) is 5.85. The number of urea groups is 1. The van der Waals surface area contributed by atoms with Crippen molar-refractivity contribution in [1.82, 2.24) is 10.2 Å². The molecule has 5 heteroatoms. The van der Waals surface area contributed by atoms with E-state index < -0.39 is 0 Å². The van der Waals surface area contributed by atoms with Crippen molar-refractivity contribution >= 4 is 17.4 Å². The molecule has 0 unspecified atom stereocenters. The number of aryl methyl sites for hydroxylation is 1. The molecule has 21 heavy (non-hydrogen) atoms. The summed E-state index contributed by atoms with van der Waals surface area (Å²) in [5.74, 6) is 0. The Kier molecular flexibility index (Phi) is 7.02. The smallest absolute Gasteiger partial charge is 0.319 e. The third-order valence-corrected chi connectivity index (χ3v) is 3.58. The van der Waals surface area contributed by atoms with Crippen molar-refractivity contribution in [3.63, 3.8) is 0 Å². The number of nitrogens with one attached hydrogen (secondary N) is 2. The van der Waals surface area contributed by atoms with Crippen LogP contribution in [0.1, 0.15) is 19.4 Å². The van der Waals surface area contributed by atoms with Gasteiger partial charge >= 0.3 is 6.03 Å². The Hall–Kier alpha value is -1.75. The molecule has 0 fully saturated rings. The van der Waals surface area contributed by atoms with Gasteiger partial charge in [0.15, 0.2) is 0 Å². The Morgan fingerprint density at radius 3 is 2.38 bits per heavy atom. The molecule has 0 atom stereocenters. The van der Waals surface area contributed by atoms with Crippen LogP contribution < -0.4 is 15.5 Å². The third kappa shape index (κ3) is 5.63. The van der Waals surface area contributed by atoms with Gasteiger partial charge in [-0.25, -0.2) is 4.79 Å². The fourth-order valence-corrected chi connectivity index (χ4v) is 2.10. The number of anilines is 2. The second-order valence-electron chi connectivity index (χ2n) is 5.30. The molecule has 0 aromatic heterocycles. The molecule has 5 nitrogen and oxygen atoms in total. The predicted molar refractivity (Wildman–Crippen MR) is 90.3 cm³/mol. The van der Waals surface area contributed by atoms with Gasteiger partial charge in [0.2, 0.25) is 0 Å². The van der Waals surface area contributed by atoms with E-state index in [1.807, 2.05) is 38.1 Å². The molecule has 0 radical (unpaired) electrons. The summed E-state index contributed by atoms with van der Waals surface area (Å²) in [5, 5.41) is 5.79. The first-order valence-electron chi connectivity index (χ1n) is 7.53. The highest BCUT2D eigenvalue weighted by Crippen LogP contribution is 2.21. The van der Waals surface area contributed by atoms with Crippen molar-refractivity contribution in [3.05, 3.63) is 23.8 Å². The van der Waals surface area contributed by atoms with Crippen LogP contribution in [0.2, 0.25) is 0 Å². The molecule has 0 heterocycles. The van der Waals surface area contributed by atoms with Crippen LogP contribution >= 0.6 is 0 Å². The summed E-state index contributed by atoms with van der Waals surface area (Å²) in [7, 11) is 4.00. The molecule has 1 rings (SSSR count). The molecular formula is C16H28N4O. The predicted octanol–water partition coefficient (Wildman–Crippen LogP) is 2.52. The molecule has 1 aromatic rings. The summed E-state index contributed by atoms with van der Waals surface area (Å²) >= 11 is 0. The second kappa shape index (κ2) is 8.52. The number of rotatable bonds is 7. The highest BCUT2D eigenvalue weighted by Gasteiger charge is 2.06. The molecule has 2 amide bonds. The molecule has 0 spiro atoms. The fourth-order valence-electron chi connectivity index (χ4n) is 2.10. The van der Waals surface area contributed by atoms with Gasteiger partial charge in [-0.1, -0.05) is 13.8 Å². The normalized spacial score (nSPS) is 10.6. The first kappa shape index (κ1) is 17.3. The lowest BCUT2D eigenvalue weighted by Gasteiger charge is -2.18. The molecule has 0 aliphatic rings. The Balaban J connectivity index is 2.48. The number of nitrogens with zero attached hydrogens (tertiary/aromatic N) is 2. The van der Waals surface area contributed by atoms with Gasteiger partial charge in [-0.3, -0.25) is 0 Å². The first-order valence-corrected chi connectivity index (χ1v) is 7.53. The maximum absolute atomic E-state index is 11.9. The Labute approximate surface area is 128 Å². The van der Waals surface area contributed by atoms with E-state index in [2.05, 4.69) is 35.4 Å². The van der Waals surface area contributed by atoms with Gasteiger partial charge in [0.05, 0.1) is 0 Å². The van der Waals surface area contributed by atoms with Crippen LogP contribution in [0, 0.1) is 6.92 Å². The number of hydrogen-bond acceptors (Lipinski definition) is 3. The van der Waals surface area contributed by atoms with E-state index in [9.17, 15) is 4.79 Å². The average molecular weight is 292 g/mol. The van der Waals surface area contributed by atoms with Gasteiger partial charge in [-0.15, -0.1) is 0 Å². The Morgan fingerprint density at radius 1 is 1.19 bits per heavy atom. The summed E-state index contributed by atoms with van der Waals surface area (Å²) < 4.78 is 0. The summed E-state index contributed by atoms with van der Waals surface area (Å²) in [5.41, 5.74) is 3.03. The standard InChI is InChI=1S/C16H28N4O/c1-6-20(7-2)11-10-17-16(21)18-15-9-8-14(19(4)5)12-13(15)3/h8-9,12H,6-7,10-11H2,1-5H3,(H2,17,18,21). The van der Waals surface area contributed by atoms with E-state index >= 15 is 0 Å². The van der Waals surface area contributed by atoms with Crippen molar-refractivity contribution in [2.24, 2.45) is 0 Å². The molecule has 0 saturated carbocycles. The zero-order valence-corrected chi connectivity index (χ0v) is 13.9. The van der Waals surface area contributed by atoms with Gasteiger partial charge in [0.1, 0.15) is 0 Å². The summed E-state index contributed by atoms with van der Waals surface area (Å²) in [6.45, 7) is 9.79. The fraction of sp³-hybridized carbons (Fsp3) is 0.562. The largest absolute Gasteiger partial charge is 0.378 e. The minimum atomic E-state index is -0.150. The van der Waals surface area contributed by atoms with Crippen molar-refractivity contribution in [2.45, 2.75) is 20.8 Å². The quantitative estimate of drug-likeness (QED) is 0.812. The lowest BCUT2D eigenvalue weighted by molar-refractivity contribution is 0.248. The number of benzene rings is 1. The van der Waals surface area contributed by atoms with Gasteiger partial charge in [-0.2, -0.15) is 0 Å². The first-order chi connectivity index (χ1) is 9.97. The Morgan fingerprint density at radius 2 is 1.86 bits per heavy atom. The maximum atomic E-state index is 11.9. The number of hydrogen-bond donors (Lipinski definition) is 2. The zero-order chi connectivity index (χ0) is 15.8. The van der Waals surface area contributed by atoms with Crippen LogP contribution in [0.3, 0.4) is 0 Å². The van der Waals surface area contributed by atoms with E-state index in [-0.39, 0.29) is 6.03 Å². The van der Waals surface area contributed by atoms with Crippen LogP contribution in [-0.2, 0) is 0 Å². The number of carbonyl (C=O) groups is 1. The summed E-state index contributed by atoms with van der Waals surface area (Å²) in [6.07, 6.45) is 0. The van der Waals surface area contributed by atoms with Crippen LogP contribution in [0.25, 0.3) is 0 Å². The maximum Gasteiger partial charge on any atom is 0.319 e. The van der Waals surface area contributed by atoms with E-state index in [0.717, 1.165) is 36.6 Å². The van der Waals surface area contributed by atoms with Gasteiger partial charge in [-0.05, 0) is 43.8 Å². The van der Waals surface area contributed by atoms with E-state index in [1.165, 1.54) is 0 Å². The van der Waals surface area contributed by atoms with Crippen LogP contribution in [0.15, 0.2) is 18.2 Å². The molecule has 0 saturated heterocycles. The van der Waals surface area contributed by atoms with Crippen molar-refractivity contribution < 1.29 is 4.79 Å². The van der Waals surface area contributed by atoms with E-state index in [1.54, 1.807) is 0 Å². The number of carbonyl (C=O) groups excluding carboxylic acids is 1. The summed E-state index contributed by atoms with van der Waals surface area (Å²) in [4.78, 5) is 16.2. The minimum Gasteiger partial charge on any atom is -0.378 e. The van der Waals surface area contributed by atoms with Gasteiger partial charge in [0.25, 0.3) is 0 Å². The minimum absolute atomic E-state index is 0.150. The highest BCUT2D eigenvalue weighted by molar-refractivity contribution is 5.90. The zero-order valence-electron chi connectivity index (χ0n) is 13.9. The molecule has 1 aromatic carbocycles. The average Bonchev–Trinajstić information content (AvgIpc) is 2.45. The lowest BCUT2D eigenvalue weighted by atomic mass is 10.1. The van der Waals surface area contributed by atoms with Gasteiger partial charge in [0, 0.05) is 38.6 Å². The molecule has 118 valence electrons. The molecular weight excluding hydrogens is 264 g/mol. The number of likely N-dealkylation sites (N-methyl/N-ethyl adjacent to an activating group) is 1. The molecule has 0 aliphatic carbocycles. The SMILES string of the molecule is CCN(CC)CCNC(=O)Nc1ccc(N(C)C)cc1C. The van der Waals surface area contributed by atoms with E-state index in [4.69, 9.17) is 0 Å². The molecule has 2 N–H and O–H groups in total. The third-order valence-electron chi connectivity index (χ3n) is 3.58. The van der Waals surface area contributed by atoms with Crippen LogP contribution in [0.5, 0.6) is 0 Å². The number of amides is 2.